The maximum absolute atomic E-state index is 13.9. The summed E-state index contributed by atoms with van der Waals surface area (Å²) in [7, 11) is 1.62. The Bertz CT molecular complexity index is 765. The molecule has 3 aromatic rings. The molecule has 21 heavy (non-hydrogen) atoms. The predicted octanol–water partition coefficient (Wildman–Crippen LogP) is 2.65. The van der Waals surface area contributed by atoms with Crippen molar-refractivity contribution in [2.24, 2.45) is 5.73 Å². The highest BCUT2D eigenvalue weighted by molar-refractivity contribution is 5.67. The van der Waals surface area contributed by atoms with Crippen LogP contribution in [0.15, 0.2) is 42.6 Å². The summed E-state index contributed by atoms with van der Waals surface area (Å²) in [5, 5.41) is 0. The molecule has 0 aliphatic rings. The quantitative estimate of drug-likeness (QED) is 0.801. The van der Waals surface area contributed by atoms with Crippen LogP contribution in [0.1, 0.15) is 5.69 Å². The van der Waals surface area contributed by atoms with Gasteiger partial charge in [0, 0.05) is 18.2 Å². The number of nitrogens with two attached hydrogens (primary N) is 1. The van der Waals surface area contributed by atoms with E-state index in [1.165, 1.54) is 6.07 Å². The van der Waals surface area contributed by atoms with Gasteiger partial charge in [-0.15, -0.1) is 0 Å². The third-order valence-corrected chi connectivity index (χ3v) is 3.45. The molecule has 1 aromatic carbocycles. The van der Waals surface area contributed by atoms with Gasteiger partial charge in [-0.25, -0.2) is 9.37 Å². The molecule has 0 radical (unpaired) electrons. The summed E-state index contributed by atoms with van der Waals surface area (Å²) in [5.41, 5.74) is 8.60. The first-order chi connectivity index (χ1) is 10.2. The number of ether oxygens (including phenoxy) is 1. The van der Waals surface area contributed by atoms with E-state index in [0.29, 0.717) is 18.6 Å². The van der Waals surface area contributed by atoms with Crippen LogP contribution in [0.3, 0.4) is 0 Å². The summed E-state index contributed by atoms with van der Waals surface area (Å²) in [6.07, 6.45) is 2.44. The van der Waals surface area contributed by atoms with Gasteiger partial charge in [-0.05, 0) is 42.9 Å². The van der Waals surface area contributed by atoms with Gasteiger partial charge >= 0.3 is 0 Å². The molecular weight excluding hydrogens is 269 g/mol. The summed E-state index contributed by atoms with van der Waals surface area (Å²) >= 11 is 0. The molecule has 108 valence electrons. The fourth-order valence-electron chi connectivity index (χ4n) is 2.44. The highest BCUT2D eigenvalue weighted by Gasteiger charge is 2.15. The lowest BCUT2D eigenvalue weighted by Crippen LogP contribution is -2.06. The molecule has 0 bridgehead atoms. The van der Waals surface area contributed by atoms with Crippen LogP contribution in [0.2, 0.25) is 0 Å². The lowest BCUT2D eigenvalue weighted by Gasteiger charge is -2.05. The zero-order valence-corrected chi connectivity index (χ0v) is 11.7. The molecule has 2 N–H and O–H groups in total. The number of hydrogen-bond donors (Lipinski definition) is 1. The molecule has 0 spiro atoms. The van der Waals surface area contributed by atoms with Crippen molar-refractivity contribution in [3.05, 3.63) is 54.1 Å². The summed E-state index contributed by atoms with van der Waals surface area (Å²) in [4.78, 5) is 4.45. The van der Waals surface area contributed by atoms with E-state index < -0.39 is 0 Å². The number of aromatic nitrogens is 2. The van der Waals surface area contributed by atoms with Gasteiger partial charge in [0.05, 0.1) is 18.5 Å². The van der Waals surface area contributed by atoms with Gasteiger partial charge in [-0.3, -0.25) is 0 Å². The van der Waals surface area contributed by atoms with Crippen molar-refractivity contribution in [3.63, 3.8) is 0 Å². The van der Waals surface area contributed by atoms with E-state index >= 15 is 0 Å². The minimum absolute atomic E-state index is 0.326. The van der Waals surface area contributed by atoms with E-state index in [2.05, 4.69) is 4.98 Å². The third kappa shape index (κ3) is 2.36. The van der Waals surface area contributed by atoms with Gasteiger partial charge in [-0.1, -0.05) is 0 Å². The van der Waals surface area contributed by atoms with Crippen LogP contribution in [-0.4, -0.2) is 23.0 Å². The SMILES string of the molecule is COc1ccc(-c2nc3c(F)cccn3c2CCN)cc1. The molecule has 0 fully saturated rings. The Labute approximate surface area is 122 Å². The lowest BCUT2D eigenvalue weighted by molar-refractivity contribution is 0.415. The minimum Gasteiger partial charge on any atom is -0.497 e. The lowest BCUT2D eigenvalue weighted by atomic mass is 10.1. The highest BCUT2D eigenvalue weighted by atomic mass is 19.1. The summed E-state index contributed by atoms with van der Waals surface area (Å²) < 4.78 is 20.8. The molecule has 0 amide bonds. The largest absolute Gasteiger partial charge is 0.497 e. The molecule has 0 aliphatic heterocycles. The van der Waals surface area contributed by atoms with Crippen LogP contribution < -0.4 is 10.5 Å². The molecule has 3 rings (SSSR count). The van der Waals surface area contributed by atoms with Crippen molar-refractivity contribution in [1.29, 1.82) is 0 Å². The van der Waals surface area contributed by atoms with E-state index in [9.17, 15) is 4.39 Å². The van der Waals surface area contributed by atoms with Gasteiger partial charge < -0.3 is 14.9 Å². The average molecular weight is 285 g/mol. The number of benzene rings is 1. The van der Waals surface area contributed by atoms with Crippen LogP contribution >= 0.6 is 0 Å². The second-order valence-electron chi connectivity index (χ2n) is 4.72. The Kier molecular flexibility index (Phi) is 3.58. The Balaban J connectivity index is 2.20. The predicted molar refractivity (Wildman–Crippen MR) is 79.9 cm³/mol. The van der Waals surface area contributed by atoms with Crippen molar-refractivity contribution in [1.82, 2.24) is 9.38 Å². The van der Waals surface area contributed by atoms with Gasteiger partial charge in [-0.2, -0.15) is 0 Å². The van der Waals surface area contributed by atoms with E-state index in [1.807, 2.05) is 30.5 Å². The van der Waals surface area contributed by atoms with Crippen LogP contribution in [0, 0.1) is 5.82 Å². The second-order valence-corrected chi connectivity index (χ2v) is 4.72. The number of hydrogen-bond acceptors (Lipinski definition) is 3. The Morgan fingerprint density at radius 1 is 1.24 bits per heavy atom. The molecule has 4 nitrogen and oxygen atoms in total. The maximum atomic E-state index is 13.9. The van der Waals surface area contributed by atoms with E-state index in [-0.39, 0.29) is 5.82 Å². The number of imidazole rings is 1. The third-order valence-electron chi connectivity index (χ3n) is 3.45. The molecule has 0 unspecified atom stereocenters. The molecule has 0 saturated heterocycles. The number of nitrogens with zero attached hydrogens (tertiary/aromatic N) is 2. The minimum atomic E-state index is -0.337. The number of fused-ring (bicyclic) bond motifs is 1. The Morgan fingerprint density at radius 2 is 2.00 bits per heavy atom. The summed E-state index contributed by atoms with van der Waals surface area (Å²) in [6, 6.07) is 10.6. The molecule has 5 heteroatoms. The molecule has 0 aliphatic carbocycles. The van der Waals surface area contributed by atoms with Gasteiger partial charge in [0.15, 0.2) is 11.5 Å². The van der Waals surface area contributed by atoms with Crippen molar-refractivity contribution in [3.8, 4) is 17.0 Å². The zero-order valence-electron chi connectivity index (χ0n) is 11.7. The van der Waals surface area contributed by atoms with Gasteiger partial charge in [0.1, 0.15) is 5.75 Å². The van der Waals surface area contributed by atoms with E-state index in [4.69, 9.17) is 10.5 Å². The normalized spacial score (nSPS) is 11.0. The van der Waals surface area contributed by atoms with Crippen LogP contribution in [0.4, 0.5) is 4.39 Å². The first-order valence-corrected chi connectivity index (χ1v) is 6.74. The number of rotatable bonds is 4. The van der Waals surface area contributed by atoms with Gasteiger partial charge in [0.25, 0.3) is 0 Å². The Morgan fingerprint density at radius 3 is 2.67 bits per heavy atom. The van der Waals surface area contributed by atoms with Crippen molar-refractivity contribution >= 4 is 5.65 Å². The van der Waals surface area contributed by atoms with E-state index in [1.54, 1.807) is 17.6 Å². The summed E-state index contributed by atoms with van der Waals surface area (Å²) in [5.74, 6) is 0.435. The first-order valence-electron chi connectivity index (χ1n) is 6.74. The zero-order chi connectivity index (χ0) is 14.8. The second kappa shape index (κ2) is 5.54. The monoisotopic (exact) mass is 285 g/mol. The topological polar surface area (TPSA) is 52.5 Å². The Hall–Kier alpha value is -2.40. The number of methoxy groups -OCH3 is 1. The van der Waals surface area contributed by atoms with Crippen molar-refractivity contribution < 1.29 is 9.13 Å². The first kappa shape index (κ1) is 13.6. The van der Waals surface area contributed by atoms with Crippen LogP contribution in [-0.2, 0) is 6.42 Å². The maximum Gasteiger partial charge on any atom is 0.173 e. The van der Waals surface area contributed by atoms with E-state index in [0.717, 1.165) is 22.7 Å². The van der Waals surface area contributed by atoms with Crippen molar-refractivity contribution in [2.75, 3.05) is 13.7 Å². The molecule has 2 heterocycles. The fraction of sp³-hybridized carbons (Fsp3) is 0.188. The van der Waals surface area contributed by atoms with Crippen LogP contribution in [0.5, 0.6) is 5.75 Å². The standard InChI is InChI=1S/C16H16FN3O/c1-21-12-6-4-11(5-7-12)15-14(8-9-18)20-10-2-3-13(17)16(20)19-15/h2-7,10H,8-9,18H2,1H3. The summed E-state index contributed by atoms with van der Waals surface area (Å²) in [6.45, 7) is 0.480. The smallest absolute Gasteiger partial charge is 0.173 e. The number of halogens is 1. The molecule has 0 atom stereocenters. The highest BCUT2D eigenvalue weighted by Crippen LogP contribution is 2.27. The van der Waals surface area contributed by atoms with Crippen LogP contribution in [0.25, 0.3) is 16.9 Å². The molecule has 2 aromatic heterocycles. The number of pyridine rings is 1. The fourth-order valence-corrected chi connectivity index (χ4v) is 2.44. The van der Waals surface area contributed by atoms with Gasteiger partial charge in [0.2, 0.25) is 0 Å². The molecule has 0 saturated carbocycles. The molecular formula is C16H16FN3O. The van der Waals surface area contributed by atoms with Crippen molar-refractivity contribution in [2.45, 2.75) is 6.42 Å². The average Bonchev–Trinajstić information content (AvgIpc) is 2.88.